The highest BCUT2D eigenvalue weighted by molar-refractivity contribution is 5.38. The van der Waals surface area contributed by atoms with Gasteiger partial charge in [0.05, 0.1) is 13.7 Å². The van der Waals surface area contributed by atoms with Crippen molar-refractivity contribution in [2.24, 2.45) is 0 Å². The molecule has 0 radical (unpaired) electrons. The number of rotatable bonds is 5. The van der Waals surface area contributed by atoms with Crippen molar-refractivity contribution in [1.82, 2.24) is 0 Å². The molecular weight excluding hydrogens is 176 g/mol. The third kappa shape index (κ3) is 2.95. The summed E-state index contributed by atoms with van der Waals surface area (Å²) in [7, 11) is 1.68. The van der Waals surface area contributed by atoms with Crippen LogP contribution in [0.2, 0.25) is 0 Å². The second-order valence-electron chi connectivity index (χ2n) is 3.22. The molecule has 1 rings (SSSR count). The summed E-state index contributed by atoms with van der Waals surface area (Å²) in [5, 5.41) is 0. The predicted molar refractivity (Wildman–Crippen MR) is 58.2 cm³/mol. The number of benzene rings is 1. The third-order valence-electron chi connectivity index (χ3n) is 2.06. The van der Waals surface area contributed by atoms with Crippen molar-refractivity contribution in [3.05, 3.63) is 23.8 Å². The van der Waals surface area contributed by atoms with Gasteiger partial charge in [0.1, 0.15) is 11.5 Å². The molecule has 1 aromatic carbocycles. The SMILES string of the molecule is CCCOc1cc(CC)cc(OC)c1. The molecule has 0 atom stereocenters. The summed E-state index contributed by atoms with van der Waals surface area (Å²) < 4.78 is 10.8. The van der Waals surface area contributed by atoms with Crippen LogP contribution < -0.4 is 9.47 Å². The molecule has 2 nitrogen and oxygen atoms in total. The van der Waals surface area contributed by atoms with Crippen molar-refractivity contribution in [2.75, 3.05) is 13.7 Å². The normalized spacial score (nSPS) is 9.93. The molecule has 0 spiro atoms. The Morgan fingerprint density at radius 3 is 2.36 bits per heavy atom. The molecule has 1 aromatic rings. The molecule has 0 aliphatic carbocycles. The Bertz CT molecular complexity index is 259. The number of methoxy groups -OCH3 is 1. The van der Waals surface area contributed by atoms with Gasteiger partial charge < -0.3 is 9.47 Å². The van der Waals surface area contributed by atoms with Gasteiger partial charge in [-0.2, -0.15) is 0 Å². The standard InChI is InChI=1S/C12H18O2/c1-4-6-14-12-8-10(5-2)7-11(9-12)13-3/h7-9H,4-6H2,1-3H3. The molecule has 14 heavy (non-hydrogen) atoms. The largest absolute Gasteiger partial charge is 0.497 e. The summed E-state index contributed by atoms with van der Waals surface area (Å²) in [6, 6.07) is 6.03. The Kier molecular flexibility index (Phi) is 4.30. The van der Waals surface area contributed by atoms with E-state index in [0.717, 1.165) is 30.9 Å². The van der Waals surface area contributed by atoms with Gasteiger partial charge in [0.15, 0.2) is 0 Å². The van der Waals surface area contributed by atoms with Crippen molar-refractivity contribution in [1.29, 1.82) is 0 Å². The van der Waals surface area contributed by atoms with Gasteiger partial charge in [0.25, 0.3) is 0 Å². The first-order chi connectivity index (χ1) is 6.80. The van der Waals surface area contributed by atoms with E-state index in [9.17, 15) is 0 Å². The minimum absolute atomic E-state index is 0.760. The van der Waals surface area contributed by atoms with E-state index in [0.29, 0.717) is 0 Å². The van der Waals surface area contributed by atoms with Crippen LogP contribution in [0.15, 0.2) is 18.2 Å². The minimum Gasteiger partial charge on any atom is -0.497 e. The molecule has 0 unspecified atom stereocenters. The van der Waals surface area contributed by atoms with Crippen molar-refractivity contribution >= 4 is 0 Å². The highest BCUT2D eigenvalue weighted by Crippen LogP contribution is 2.23. The quantitative estimate of drug-likeness (QED) is 0.717. The van der Waals surface area contributed by atoms with E-state index in [1.165, 1.54) is 5.56 Å². The summed E-state index contributed by atoms with van der Waals surface area (Å²) in [6.07, 6.45) is 2.03. The Morgan fingerprint density at radius 1 is 1.07 bits per heavy atom. The maximum atomic E-state index is 5.56. The average Bonchev–Trinajstić information content (AvgIpc) is 2.25. The van der Waals surface area contributed by atoms with E-state index in [1.807, 2.05) is 12.1 Å². The van der Waals surface area contributed by atoms with Gasteiger partial charge in [-0.15, -0.1) is 0 Å². The average molecular weight is 194 g/mol. The van der Waals surface area contributed by atoms with Crippen LogP contribution in [-0.4, -0.2) is 13.7 Å². The zero-order valence-corrected chi connectivity index (χ0v) is 9.17. The van der Waals surface area contributed by atoms with E-state index in [4.69, 9.17) is 9.47 Å². The minimum atomic E-state index is 0.760. The molecular formula is C12H18O2. The van der Waals surface area contributed by atoms with E-state index < -0.39 is 0 Å². The summed E-state index contributed by atoms with van der Waals surface area (Å²) in [6.45, 7) is 4.98. The fourth-order valence-electron chi connectivity index (χ4n) is 1.26. The summed E-state index contributed by atoms with van der Waals surface area (Å²) in [4.78, 5) is 0. The first-order valence-corrected chi connectivity index (χ1v) is 5.10. The molecule has 0 bridgehead atoms. The molecule has 0 fully saturated rings. The number of ether oxygens (including phenoxy) is 2. The van der Waals surface area contributed by atoms with Crippen molar-refractivity contribution in [3.8, 4) is 11.5 Å². The second-order valence-corrected chi connectivity index (χ2v) is 3.22. The van der Waals surface area contributed by atoms with Crippen molar-refractivity contribution in [3.63, 3.8) is 0 Å². The molecule has 2 heteroatoms. The van der Waals surface area contributed by atoms with Crippen LogP contribution in [0.4, 0.5) is 0 Å². The van der Waals surface area contributed by atoms with Crippen LogP contribution in [0.5, 0.6) is 11.5 Å². The van der Waals surface area contributed by atoms with Crippen LogP contribution in [0.1, 0.15) is 25.8 Å². The fraction of sp³-hybridized carbons (Fsp3) is 0.500. The predicted octanol–water partition coefficient (Wildman–Crippen LogP) is 3.05. The van der Waals surface area contributed by atoms with E-state index in [2.05, 4.69) is 19.9 Å². The molecule has 0 aliphatic rings. The molecule has 0 saturated heterocycles. The monoisotopic (exact) mass is 194 g/mol. The van der Waals surface area contributed by atoms with Crippen LogP contribution in [0.25, 0.3) is 0 Å². The Hall–Kier alpha value is -1.18. The van der Waals surface area contributed by atoms with Crippen LogP contribution in [0.3, 0.4) is 0 Å². The molecule has 0 aliphatic heterocycles. The maximum absolute atomic E-state index is 5.56. The lowest BCUT2D eigenvalue weighted by molar-refractivity contribution is 0.314. The Labute approximate surface area is 85.8 Å². The van der Waals surface area contributed by atoms with Gasteiger partial charge >= 0.3 is 0 Å². The van der Waals surface area contributed by atoms with E-state index in [1.54, 1.807) is 7.11 Å². The van der Waals surface area contributed by atoms with Gasteiger partial charge in [0.2, 0.25) is 0 Å². The molecule has 0 saturated carbocycles. The van der Waals surface area contributed by atoms with E-state index in [-0.39, 0.29) is 0 Å². The van der Waals surface area contributed by atoms with Gasteiger partial charge in [-0.3, -0.25) is 0 Å². The van der Waals surface area contributed by atoms with Gasteiger partial charge in [0, 0.05) is 6.07 Å². The van der Waals surface area contributed by atoms with Gasteiger partial charge in [-0.05, 0) is 30.5 Å². The lowest BCUT2D eigenvalue weighted by Gasteiger charge is -2.09. The smallest absolute Gasteiger partial charge is 0.123 e. The molecule has 0 heterocycles. The number of aryl methyl sites for hydroxylation is 1. The maximum Gasteiger partial charge on any atom is 0.123 e. The number of hydrogen-bond acceptors (Lipinski definition) is 2. The number of hydrogen-bond donors (Lipinski definition) is 0. The summed E-state index contributed by atoms with van der Waals surface area (Å²) in [5.41, 5.74) is 1.25. The Morgan fingerprint density at radius 2 is 1.79 bits per heavy atom. The van der Waals surface area contributed by atoms with Crippen LogP contribution >= 0.6 is 0 Å². The first kappa shape index (κ1) is 10.9. The highest BCUT2D eigenvalue weighted by atomic mass is 16.5. The summed E-state index contributed by atoms with van der Waals surface area (Å²) >= 11 is 0. The Balaban J connectivity index is 2.81. The second kappa shape index (κ2) is 5.53. The van der Waals surface area contributed by atoms with E-state index >= 15 is 0 Å². The zero-order chi connectivity index (χ0) is 10.4. The molecule has 78 valence electrons. The highest BCUT2D eigenvalue weighted by Gasteiger charge is 2.00. The zero-order valence-electron chi connectivity index (χ0n) is 9.17. The summed E-state index contributed by atoms with van der Waals surface area (Å²) in [5.74, 6) is 1.78. The fourth-order valence-corrected chi connectivity index (χ4v) is 1.26. The lowest BCUT2D eigenvalue weighted by Crippen LogP contribution is -1.96. The molecule has 0 amide bonds. The molecule has 0 aromatic heterocycles. The molecule has 0 N–H and O–H groups in total. The van der Waals surface area contributed by atoms with Crippen LogP contribution in [0, 0.1) is 0 Å². The van der Waals surface area contributed by atoms with Gasteiger partial charge in [-0.1, -0.05) is 13.8 Å². The third-order valence-corrected chi connectivity index (χ3v) is 2.06. The van der Waals surface area contributed by atoms with Crippen molar-refractivity contribution in [2.45, 2.75) is 26.7 Å². The first-order valence-electron chi connectivity index (χ1n) is 5.10. The van der Waals surface area contributed by atoms with Gasteiger partial charge in [-0.25, -0.2) is 0 Å². The topological polar surface area (TPSA) is 18.5 Å². The lowest BCUT2D eigenvalue weighted by atomic mass is 10.1. The van der Waals surface area contributed by atoms with Crippen molar-refractivity contribution < 1.29 is 9.47 Å². The van der Waals surface area contributed by atoms with Crippen LogP contribution in [-0.2, 0) is 6.42 Å².